The van der Waals surface area contributed by atoms with Gasteiger partial charge in [0.25, 0.3) is 0 Å². The van der Waals surface area contributed by atoms with Gasteiger partial charge in [0.1, 0.15) is 0 Å². The van der Waals surface area contributed by atoms with Gasteiger partial charge in [-0.3, -0.25) is 0 Å². The highest BCUT2D eigenvalue weighted by molar-refractivity contribution is 6.35. The number of rotatable bonds is 3. The zero-order valence-corrected chi connectivity index (χ0v) is 11.2. The lowest BCUT2D eigenvalue weighted by Crippen LogP contribution is -2.31. The third-order valence-corrected chi connectivity index (χ3v) is 4.94. The van der Waals surface area contributed by atoms with Crippen LogP contribution in [0.2, 0.25) is 10.0 Å². The molecule has 0 amide bonds. The Morgan fingerprint density at radius 2 is 1.88 bits per heavy atom. The normalized spacial score (nSPS) is 32.3. The van der Waals surface area contributed by atoms with Crippen molar-refractivity contribution in [1.82, 2.24) is 0 Å². The van der Waals surface area contributed by atoms with Crippen LogP contribution in [0.25, 0.3) is 0 Å². The van der Waals surface area contributed by atoms with E-state index in [1.165, 1.54) is 19.3 Å². The van der Waals surface area contributed by atoms with Gasteiger partial charge in [0.05, 0.1) is 0 Å². The van der Waals surface area contributed by atoms with Gasteiger partial charge in [-0.15, -0.1) is 0 Å². The minimum atomic E-state index is 0.251. The molecule has 0 aliphatic heterocycles. The summed E-state index contributed by atoms with van der Waals surface area (Å²) in [6, 6.07) is 5.94. The van der Waals surface area contributed by atoms with E-state index in [0.717, 1.165) is 28.8 Å². The number of hydrogen-bond donors (Lipinski definition) is 1. The molecular weight excluding hydrogens is 253 g/mol. The van der Waals surface area contributed by atoms with E-state index in [1.54, 1.807) is 6.07 Å². The Morgan fingerprint density at radius 3 is 2.53 bits per heavy atom. The Morgan fingerprint density at radius 1 is 1.18 bits per heavy atom. The number of nitrogens with two attached hydrogens (primary N) is 1. The van der Waals surface area contributed by atoms with Gasteiger partial charge in [-0.05, 0) is 61.1 Å². The molecule has 2 aliphatic carbocycles. The fourth-order valence-corrected chi connectivity index (χ4v) is 3.70. The smallest absolute Gasteiger partial charge is 0.0453 e. The number of halogens is 2. The maximum Gasteiger partial charge on any atom is 0.0453 e. The zero-order valence-electron chi connectivity index (χ0n) is 9.70. The fraction of sp³-hybridized carbons (Fsp3) is 0.571. The number of hydrogen-bond acceptors (Lipinski definition) is 1. The Balaban J connectivity index is 1.65. The number of fused-ring (bicyclic) bond motifs is 1. The van der Waals surface area contributed by atoms with Crippen molar-refractivity contribution >= 4 is 23.2 Å². The van der Waals surface area contributed by atoms with Crippen LogP contribution in [0.15, 0.2) is 18.2 Å². The van der Waals surface area contributed by atoms with Crippen LogP contribution in [0, 0.1) is 17.8 Å². The molecule has 0 heterocycles. The molecule has 2 N–H and O–H groups in total. The fourth-order valence-electron chi connectivity index (χ4n) is 3.22. The highest BCUT2D eigenvalue weighted by Crippen LogP contribution is 2.55. The zero-order chi connectivity index (χ0) is 12.0. The van der Waals surface area contributed by atoms with E-state index in [1.807, 2.05) is 12.1 Å². The van der Waals surface area contributed by atoms with Crippen LogP contribution in [0.4, 0.5) is 0 Å². The predicted octanol–water partition coefficient (Wildman–Crippen LogP) is 3.91. The Bertz CT molecular complexity index is 422. The van der Waals surface area contributed by atoms with Crippen molar-refractivity contribution in [3.8, 4) is 0 Å². The average molecular weight is 270 g/mol. The monoisotopic (exact) mass is 269 g/mol. The molecule has 0 radical (unpaired) electrons. The van der Waals surface area contributed by atoms with Crippen molar-refractivity contribution in [3.63, 3.8) is 0 Å². The van der Waals surface area contributed by atoms with E-state index in [4.69, 9.17) is 28.9 Å². The molecule has 92 valence electrons. The quantitative estimate of drug-likeness (QED) is 0.885. The summed E-state index contributed by atoms with van der Waals surface area (Å²) in [5.41, 5.74) is 7.44. The van der Waals surface area contributed by atoms with Crippen LogP contribution >= 0.6 is 23.2 Å². The average Bonchev–Trinajstić information content (AvgIpc) is 2.89. The lowest BCUT2D eigenvalue weighted by Gasteiger charge is -2.21. The minimum absolute atomic E-state index is 0.251. The van der Waals surface area contributed by atoms with Crippen LogP contribution in [-0.2, 0) is 6.42 Å². The van der Waals surface area contributed by atoms with Crippen molar-refractivity contribution in [3.05, 3.63) is 33.8 Å². The van der Waals surface area contributed by atoms with E-state index >= 15 is 0 Å². The largest absolute Gasteiger partial charge is 0.327 e. The van der Waals surface area contributed by atoms with Crippen molar-refractivity contribution < 1.29 is 0 Å². The van der Waals surface area contributed by atoms with E-state index in [2.05, 4.69) is 0 Å². The molecule has 17 heavy (non-hydrogen) atoms. The molecule has 1 aromatic carbocycles. The highest BCUT2D eigenvalue weighted by Gasteiger charge is 2.47. The molecule has 1 aromatic rings. The van der Waals surface area contributed by atoms with Gasteiger partial charge in [0, 0.05) is 16.1 Å². The first-order chi connectivity index (χ1) is 8.13. The van der Waals surface area contributed by atoms with Crippen LogP contribution < -0.4 is 5.73 Å². The molecule has 0 spiro atoms. The molecule has 0 saturated heterocycles. The molecule has 2 aliphatic rings. The van der Waals surface area contributed by atoms with Gasteiger partial charge in [-0.1, -0.05) is 29.3 Å². The summed E-state index contributed by atoms with van der Waals surface area (Å²) in [4.78, 5) is 0. The molecule has 2 saturated carbocycles. The van der Waals surface area contributed by atoms with Crippen molar-refractivity contribution in [2.75, 3.05) is 0 Å². The van der Waals surface area contributed by atoms with E-state index in [0.29, 0.717) is 10.9 Å². The Labute approximate surface area is 112 Å². The van der Waals surface area contributed by atoms with Gasteiger partial charge in [0.15, 0.2) is 0 Å². The summed E-state index contributed by atoms with van der Waals surface area (Å²) in [6.45, 7) is 0. The van der Waals surface area contributed by atoms with E-state index in [-0.39, 0.29) is 6.04 Å². The molecule has 3 rings (SSSR count). The minimum Gasteiger partial charge on any atom is -0.327 e. The summed E-state index contributed by atoms with van der Waals surface area (Å²) in [5, 5.41) is 1.44. The first-order valence-electron chi connectivity index (χ1n) is 6.33. The molecule has 0 aromatic heterocycles. The highest BCUT2D eigenvalue weighted by atomic mass is 35.5. The third kappa shape index (κ3) is 2.47. The second-order valence-electron chi connectivity index (χ2n) is 5.59. The van der Waals surface area contributed by atoms with Gasteiger partial charge in [-0.2, -0.15) is 0 Å². The van der Waals surface area contributed by atoms with Gasteiger partial charge < -0.3 is 5.73 Å². The lowest BCUT2D eigenvalue weighted by atomic mass is 9.90. The molecule has 3 atom stereocenters. The molecule has 2 fully saturated rings. The first kappa shape index (κ1) is 11.8. The molecule has 3 unspecified atom stereocenters. The Hall–Kier alpha value is -0.240. The van der Waals surface area contributed by atoms with Gasteiger partial charge >= 0.3 is 0 Å². The predicted molar refractivity (Wildman–Crippen MR) is 72.5 cm³/mol. The van der Waals surface area contributed by atoms with Crippen molar-refractivity contribution in [2.45, 2.75) is 31.7 Å². The second-order valence-corrected chi connectivity index (χ2v) is 6.43. The number of benzene rings is 1. The van der Waals surface area contributed by atoms with Crippen LogP contribution in [0.3, 0.4) is 0 Å². The molecule has 0 bridgehead atoms. The SMILES string of the molecule is NC(Cc1ccc(Cl)cc1Cl)C1CC2CC2C1. The summed E-state index contributed by atoms with van der Waals surface area (Å²) >= 11 is 12.1. The van der Waals surface area contributed by atoms with E-state index in [9.17, 15) is 0 Å². The second kappa shape index (κ2) is 4.46. The summed E-state index contributed by atoms with van der Waals surface area (Å²) in [5.74, 6) is 2.68. The van der Waals surface area contributed by atoms with Crippen molar-refractivity contribution in [1.29, 1.82) is 0 Å². The standard InChI is InChI=1S/C14H17Cl2N/c15-12-2-1-8(13(16)7-12)6-14(17)11-4-9-3-10(9)5-11/h1-2,7,9-11,14H,3-6,17H2. The van der Waals surface area contributed by atoms with Crippen molar-refractivity contribution in [2.24, 2.45) is 23.5 Å². The third-order valence-electron chi connectivity index (χ3n) is 4.36. The lowest BCUT2D eigenvalue weighted by molar-refractivity contribution is 0.392. The van der Waals surface area contributed by atoms with Gasteiger partial charge in [-0.25, -0.2) is 0 Å². The topological polar surface area (TPSA) is 26.0 Å². The van der Waals surface area contributed by atoms with E-state index < -0.39 is 0 Å². The van der Waals surface area contributed by atoms with Crippen LogP contribution in [0.1, 0.15) is 24.8 Å². The maximum atomic E-state index is 6.31. The van der Waals surface area contributed by atoms with Crippen LogP contribution in [-0.4, -0.2) is 6.04 Å². The molecule has 3 heteroatoms. The summed E-state index contributed by atoms with van der Waals surface area (Å²) in [6.07, 6.45) is 4.99. The van der Waals surface area contributed by atoms with Crippen LogP contribution in [0.5, 0.6) is 0 Å². The molecule has 1 nitrogen and oxygen atoms in total. The maximum absolute atomic E-state index is 6.31. The molecular formula is C14H17Cl2N. The summed E-state index contributed by atoms with van der Waals surface area (Å²) in [7, 11) is 0. The Kier molecular flexibility index (Phi) is 3.10. The first-order valence-corrected chi connectivity index (χ1v) is 7.08. The summed E-state index contributed by atoms with van der Waals surface area (Å²) < 4.78 is 0. The van der Waals surface area contributed by atoms with Gasteiger partial charge in [0.2, 0.25) is 0 Å².